The lowest BCUT2D eigenvalue weighted by Crippen LogP contribution is -2.45. The van der Waals surface area contributed by atoms with Crippen molar-refractivity contribution in [1.29, 1.82) is 0 Å². The summed E-state index contributed by atoms with van der Waals surface area (Å²) in [7, 11) is 3.71. The molecule has 0 bridgehead atoms. The third-order valence-corrected chi connectivity index (χ3v) is 4.26. The van der Waals surface area contributed by atoms with Crippen LogP contribution in [0.5, 0.6) is 11.5 Å². The molecule has 0 aliphatic carbocycles. The van der Waals surface area contributed by atoms with Crippen LogP contribution in [-0.4, -0.2) is 80.4 Å². The van der Waals surface area contributed by atoms with Crippen molar-refractivity contribution >= 4 is 5.97 Å². The molecule has 1 aliphatic heterocycles. The number of hydrogen-bond acceptors (Lipinski definition) is 6. The molecule has 0 amide bonds. The zero-order valence-corrected chi connectivity index (χ0v) is 14.4. The van der Waals surface area contributed by atoms with Gasteiger partial charge in [0.15, 0.2) is 11.5 Å². The van der Waals surface area contributed by atoms with Crippen LogP contribution < -0.4 is 15.2 Å². The molecule has 1 fully saturated rings. The summed E-state index contributed by atoms with van der Waals surface area (Å²) >= 11 is 0. The van der Waals surface area contributed by atoms with Gasteiger partial charge < -0.3 is 25.2 Å². The molecule has 0 spiro atoms. The fourth-order valence-corrected chi connectivity index (χ4v) is 2.66. The van der Waals surface area contributed by atoms with Crippen LogP contribution in [0.2, 0.25) is 0 Å². The number of nitrogens with two attached hydrogens (primary N) is 1. The highest BCUT2D eigenvalue weighted by Gasteiger charge is 2.15. The van der Waals surface area contributed by atoms with E-state index < -0.39 is 12.0 Å². The predicted molar refractivity (Wildman–Crippen MR) is 91.7 cm³/mol. The Morgan fingerprint density at radius 1 is 1.29 bits per heavy atom. The molecule has 24 heavy (non-hydrogen) atoms. The molecule has 0 saturated carbocycles. The van der Waals surface area contributed by atoms with Crippen molar-refractivity contribution in [2.45, 2.75) is 12.5 Å². The second kappa shape index (κ2) is 8.86. The molecule has 1 atom stereocenters. The van der Waals surface area contributed by atoms with Crippen molar-refractivity contribution in [3.8, 4) is 11.5 Å². The summed E-state index contributed by atoms with van der Waals surface area (Å²) in [6, 6.07) is 4.51. The number of ether oxygens (including phenoxy) is 2. The number of hydrogen-bond donors (Lipinski definition) is 2. The van der Waals surface area contributed by atoms with E-state index in [0.717, 1.165) is 38.3 Å². The third kappa shape index (κ3) is 5.36. The molecule has 1 saturated heterocycles. The van der Waals surface area contributed by atoms with E-state index in [9.17, 15) is 4.79 Å². The first-order chi connectivity index (χ1) is 11.5. The Labute approximate surface area is 142 Å². The van der Waals surface area contributed by atoms with E-state index in [0.29, 0.717) is 18.1 Å². The highest BCUT2D eigenvalue weighted by atomic mass is 16.5. The summed E-state index contributed by atoms with van der Waals surface area (Å²) in [5.41, 5.74) is 6.38. The summed E-state index contributed by atoms with van der Waals surface area (Å²) < 4.78 is 11.2. The highest BCUT2D eigenvalue weighted by Crippen LogP contribution is 2.28. The van der Waals surface area contributed by atoms with Gasteiger partial charge in [-0.25, -0.2) is 0 Å². The average Bonchev–Trinajstić information content (AvgIpc) is 2.57. The second-order valence-corrected chi connectivity index (χ2v) is 6.13. The summed E-state index contributed by atoms with van der Waals surface area (Å²) in [4.78, 5) is 15.6. The van der Waals surface area contributed by atoms with Gasteiger partial charge in [0.2, 0.25) is 0 Å². The molecule has 1 heterocycles. The average molecular weight is 337 g/mol. The van der Waals surface area contributed by atoms with Crippen LogP contribution in [0.1, 0.15) is 5.56 Å². The first kappa shape index (κ1) is 18.5. The lowest BCUT2D eigenvalue weighted by Gasteiger charge is -2.32. The van der Waals surface area contributed by atoms with E-state index in [4.69, 9.17) is 20.3 Å². The summed E-state index contributed by atoms with van der Waals surface area (Å²) in [6.45, 7) is 5.76. The number of benzene rings is 1. The van der Waals surface area contributed by atoms with Crippen LogP contribution in [0.3, 0.4) is 0 Å². The van der Waals surface area contributed by atoms with E-state index in [1.807, 2.05) is 12.1 Å². The van der Waals surface area contributed by atoms with E-state index in [1.54, 1.807) is 13.2 Å². The molecule has 0 radical (unpaired) electrons. The second-order valence-electron chi connectivity index (χ2n) is 6.13. The van der Waals surface area contributed by atoms with Crippen LogP contribution in [0.4, 0.5) is 0 Å². The fraction of sp³-hybridized carbons (Fsp3) is 0.588. The topological polar surface area (TPSA) is 88.3 Å². The Hall–Kier alpha value is -1.83. The van der Waals surface area contributed by atoms with Crippen molar-refractivity contribution in [2.75, 3.05) is 53.5 Å². The monoisotopic (exact) mass is 337 g/mol. The molecular formula is C17H27N3O4. The minimum Gasteiger partial charge on any atom is -0.493 e. The zero-order chi connectivity index (χ0) is 17.5. The molecule has 1 unspecified atom stereocenters. The summed E-state index contributed by atoms with van der Waals surface area (Å²) in [5.74, 6) is 0.254. The largest absolute Gasteiger partial charge is 0.493 e. The number of carbonyl (C=O) groups is 1. The van der Waals surface area contributed by atoms with Gasteiger partial charge in [-0.3, -0.25) is 9.69 Å². The first-order valence-corrected chi connectivity index (χ1v) is 8.18. The number of aliphatic carboxylic acids is 1. The van der Waals surface area contributed by atoms with Gasteiger partial charge in [-0.1, -0.05) is 6.07 Å². The van der Waals surface area contributed by atoms with E-state index in [-0.39, 0.29) is 6.42 Å². The fourth-order valence-electron chi connectivity index (χ4n) is 2.66. The van der Waals surface area contributed by atoms with Crippen molar-refractivity contribution < 1.29 is 19.4 Å². The van der Waals surface area contributed by atoms with Gasteiger partial charge in [0.05, 0.1) is 7.11 Å². The maximum Gasteiger partial charge on any atom is 0.320 e. The normalized spacial score (nSPS) is 17.5. The van der Waals surface area contributed by atoms with E-state index >= 15 is 0 Å². The Morgan fingerprint density at radius 3 is 2.62 bits per heavy atom. The standard InChI is InChI=1S/C17H27N3O4/c1-19-5-7-20(8-6-19)9-10-24-15-4-3-13(12-16(15)23-2)11-14(18)17(21)22/h3-4,12,14H,5-11,18H2,1-2H3,(H,21,22). The van der Waals surface area contributed by atoms with Gasteiger partial charge in [0.1, 0.15) is 12.6 Å². The van der Waals surface area contributed by atoms with E-state index in [1.165, 1.54) is 0 Å². The molecule has 7 nitrogen and oxygen atoms in total. The van der Waals surface area contributed by atoms with Gasteiger partial charge in [0.25, 0.3) is 0 Å². The third-order valence-electron chi connectivity index (χ3n) is 4.26. The molecular weight excluding hydrogens is 310 g/mol. The van der Waals surface area contributed by atoms with Gasteiger partial charge in [-0.05, 0) is 31.2 Å². The maximum absolute atomic E-state index is 10.8. The minimum absolute atomic E-state index is 0.257. The maximum atomic E-state index is 10.8. The van der Waals surface area contributed by atoms with Gasteiger partial charge in [-0.15, -0.1) is 0 Å². The molecule has 1 aliphatic rings. The van der Waals surface area contributed by atoms with Crippen molar-refractivity contribution in [2.24, 2.45) is 5.73 Å². The van der Waals surface area contributed by atoms with Crippen LogP contribution in [0, 0.1) is 0 Å². The minimum atomic E-state index is -1.01. The lowest BCUT2D eigenvalue weighted by molar-refractivity contribution is -0.138. The highest BCUT2D eigenvalue weighted by molar-refractivity contribution is 5.73. The number of methoxy groups -OCH3 is 1. The van der Waals surface area contributed by atoms with Crippen LogP contribution in [-0.2, 0) is 11.2 Å². The summed E-state index contributed by atoms with van der Waals surface area (Å²) in [5, 5.41) is 8.89. The van der Waals surface area contributed by atoms with Crippen molar-refractivity contribution in [3.05, 3.63) is 23.8 Å². The molecule has 1 aromatic rings. The summed E-state index contributed by atoms with van der Waals surface area (Å²) in [6.07, 6.45) is 0.257. The van der Waals surface area contributed by atoms with Crippen LogP contribution >= 0.6 is 0 Å². The molecule has 1 aromatic carbocycles. The predicted octanol–water partition coefficient (Wildman–Crippen LogP) is 0.276. The van der Waals surface area contributed by atoms with Crippen molar-refractivity contribution in [3.63, 3.8) is 0 Å². The quantitative estimate of drug-likeness (QED) is 0.704. The van der Waals surface area contributed by atoms with Gasteiger partial charge in [0, 0.05) is 32.7 Å². The van der Waals surface area contributed by atoms with Crippen LogP contribution in [0.15, 0.2) is 18.2 Å². The number of carboxylic acid groups (broad SMARTS) is 1. The number of rotatable bonds is 8. The number of piperazine rings is 1. The Kier molecular flexibility index (Phi) is 6.84. The first-order valence-electron chi connectivity index (χ1n) is 8.18. The van der Waals surface area contributed by atoms with Crippen molar-refractivity contribution in [1.82, 2.24) is 9.80 Å². The Balaban J connectivity index is 1.87. The molecule has 0 aromatic heterocycles. The number of carboxylic acids is 1. The Morgan fingerprint density at radius 2 is 2.00 bits per heavy atom. The SMILES string of the molecule is COc1cc(CC(N)C(=O)O)ccc1OCCN1CCN(C)CC1. The molecule has 3 N–H and O–H groups in total. The van der Waals surface area contributed by atoms with E-state index in [2.05, 4.69) is 16.8 Å². The number of likely N-dealkylation sites (N-methyl/N-ethyl adjacent to an activating group) is 1. The number of nitrogens with zero attached hydrogens (tertiary/aromatic N) is 2. The molecule has 134 valence electrons. The molecule has 7 heteroatoms. The van der Waals surface area contributed by atoms with Crippen LogP contribution in [0.25, 0.3) is 0 Å². The Bertz CT molecular complexity index is 545. The lowest BCUT2D eigenvalue weighted by atomic mass is 10.1. The smallest absolute Gasteiger partial charge is 0.320 e. The molecule has 2 rings (SSSR count). The zero-order valence-electron chi connectivity index (χ0n) is 14.4. The van der Waals surface area contributed by atoms with Gasteiger partial charge in [-0.2, -0.15) is 0 Å². The van der Waals surface area contributed by atoms with Gasteiger partial charge >= 0.3 is 5.97 Å².